The number of aliphatic hydroxyl groups is 1. The third-order valence-corrected chi connectivity index (χ3v) is 26.1. The topological polar surface area (TPSA) is 490 Å². The second-order valence-corrected chi connectivity index (χ2v) is 36.4. The first-order valence-corrected chi connectivity index (χ1v) is 46.6. The number of hydrogen-bond donors (Lipinski definition) is 8. The maximum absolute atomic E-state index is 11.8. The zero-order valence-electron chi connectivity index (χ0n) is 73.8. The molecule has 0 spiro atoms. The largest absolute Gasteiger partial charge is 0.756 e. The molecule has 7 aliphatic rings. The summed E-state index contributed by atoms with van der Waals surface area (Å²) in [7, 11) is -10.1. The lowest BCUT2D eigenvalue weighted by Crippen LogP contribution is -2.45. The molecular weight excluding hydrogens is 1820 g/mol. The molecular formula is C96H90N24O15P3+7. The van der Waals surface area contributed by atoms with Crippen molar-refractivity contribution in [2.45, 2.75) is 78.6 Å². The maximum Gasteiger partial charge on any atom is 0.349 e. The van der Waals surface area contributed by atoms with Gasteiger partial charge in [0.1, 0.15) is 47.3 Å². The molecule has 0 bridgehead atoms. The van der Waals surface area contributed by atoms with Gasteiger partial charge in [-0.15, -0.1) is 52.1 Å². The fraction of sp³-hybridized carbons (Fsp3) is 0.177. The molecule has 692 valence electrons. The summed E-state index contributed by atoms with van der Waals surface area (Å²) in [5.74, 6) is 29.3. The number of ether oxygens (including phenoxy) is 1. The first kappa shape index (κ1) is 95.1. The van der Waals surface area contributed by atoms with E-state index in [9.17, 15) is 47.9 Å². The highest BCUT2D eigenvalue weighted by molar-refractivity contribution is 7.65. The Morgan fingerprint density at radius 1 is 0.500 bits per heavy atom. The van der Waals surface area contributed by atoms with E-state index in [0.717, 1.165) is 112 Å². The van der Waals surface area contributed by atoms with Crippen LogP contribution < -0.4 is 106 Å². The van der Waals surface area contributed by atoms with Crippen molar-refractivity contribution < 1.29 is 102 Å². The molecule has 138 heavy (non-hydrogen) atoms. The minimum atomic E-state index is -5.90. The quantitative estimate of drug-likeness (QED) is 0.0586. The normalized spacial score (nSPS) is 15.9. The third-order valence-electron chi connectivity index (χ3n) is 22.5. The van der Waals surface area contributed by atoms with Gasteiger partial charge in [0, 0.05) is 156 Å². The van der Waals surface area contributed by atoms with Crippen LogP contribution >= 0.6 is 23.5 Å². The minimum Gasteiger partial charge on any atom is -0.756 e. The average Bonchev–Trinajstić information content (AvgIpc) is 1.72. The predicted octanol–water partition coefficient (Wildman–Crippen LogP) is -0.110. The number of aromatic nitrogens is 18. The van der Waals surface area contributed by atoms with E-state index < -0.39 is 59.7 Å². The lowest BCUT2D eigenvalue weighted by atomic mass is 10.1. The van der Waals surface area contributed by atoms with Crippen LogP contribution in [0.2, 0.25) is 0 Å². The molecule has 0 aliphatic carbocycles. The number of anilines is 3. The number of pyridine rings is 10. The fourth-order valence-corrected chi connectivity index (χ4v) is 19.0. The molecule has 22 rings (SSSR count). The number of nitrogens with two attached hydrogens (primary N) is 4. The molecule has 0 radical (unpaired) electrons. The van der Waals surface area contributed by atoms with E-state index in [1.54, 1.807) is 27.2 Å². The van der Waals surface area contributed by atoms with Crippen molar-refractivity contribution in [3.8, 4) is 117 Å². The Kier molecular flexibility index (Phi) is 27.5. The van der Waals surface area contributed by atoms with Crippen LogP contribution in [0.4, 0.5) is 17.5 Å². The number of fused-ring (bicyclic) bond motifs is 17. The number of phosphoric ester groups is 1. The lowest BCUT2D eigenvalue weighted by Gasteiger charge is -2.33. The number of nitrogen functional groups attached to an aromatic ring is 2. The maximum atomic E-state index is 11.8. The highest BCUT2D eigenvalue weighted by Crippen LogP contribution is 2.61. The van der Waals surface area contributed by atoms with E-state index in [4.69, 9.17) is 39.0 Å². The van der Waals surface area contributed by atoms with Gasteiger partial charge in [-0.2, -0.15) is 4.98 Å². The van der Waals surface area contributed by atoms with Crippen molar-refractivity contribution in [3.63, 3.8) is 0 Å². The molecule has 0 amide bonds. The first-order valence-electron chi connectivity index (χ1n) is 42.2. The zero-order chi connectivity index (χ0) is 96.3. The van der Waals surface area contributed by atoms with Gasteiger partial charge in [0.25, 0.3) is 86.0 Å². The Morgan fingerprint density at radius 2 is 0.899 bits per heavy atom. The van der Waals surface area contributed by atoms with Gasteiger partial charge in [-0.05, 0) is 67.6 Å². The number of terminal acetylenes is 1. The molecule has 12 N–H and O–H groups in total. The highest BCUT2D eigenvalue weighted by Gasteiger charge is 2.39. The van der Waals surface area contributed by atoms with Crippen molar-refractivity contribution in [3.05, 3.63) is 332 Å². The van der Waals surface area contributed by atoms with Crippen LogP contribution in [0.3, 0.4) is 0 Å². The van der Waals surface area contributed by atoms with Crippen molar-refractivity contribution >= 4 is 57.9 Å². The summed E-state index contributed by atoms with van der Waals surface area (Å²) < 4.78 is 76.4. The Morgan fingerprint density at radius 3 is 1.33 bits per heavy atom. The smallest absolute Gasteiger partial charge is 0.349 e. The van der Waals surface area contributed by atoms with Gasteiger partial charge in [-0.1, -0.05) is 60.7 Å². The molecule has 5 unspecified atom stereocenters. The van der Waals surface area contributed by atoms with Gasteiger partial charge in [0.15, 0.2) is 67.9 Å². The number of nitrogens with zero attached hydrogens (tertiary/aromatic N) is 18. The summed E-state index contributed by atoms with van der Waals surface area (Å²) in [5.41, 5.74) is 43.0. The fourth-order valence-electron chi connectivity index (χ4n) is 16.1. The van der Waals surface area contributed by atoms with Gasteiger partial charge >= 0.3 is 44.7 Å². The zero-order valence-corrected chi connectivity index (χ0v) is 76.5. The second-order valence-electron chi connectivity index (χ2n) is 32.1. The molecule has 15 aromatic rings. The van der Waals surface area contributed by atoms with E-state index in [0.29, 0.717) is 17.3 Å². The van der Waals surface area contributed by atoms with Gasteiger partial charge in [-0.3, -0.25) is 23.5 Å². The summed E-state index contributed by atoms with van der Waals surface area (Å²) in [6.07, 6.45) is 31.6. The van der Waals surface area contributed by atoms with E-state index >= 15 is 0 Å². The van der Waals surface area contributed by atoms with Gasteiger partial charge in [0.2, 0.25) is 0 Å². The monoisotopic (exact) mass is 1910 g/mol. The van der Waals surface area contributed by atoms with Crippen LogP contribution in [0.15, 0.2) is 264 Å². The van der Waals surface area contributed by atoms with Crippen molar-refractivity contribution in [2.75, 3.05) is 23.4 Å². The SMILES string of the molecule is C.C#Cc1ccc2[n+](c1)C[n+]1ccccc1-2.C[C@H]1CC(O)[C@@H](COP(=O)([O-])OP(=O)([O-])OP(=O)([O-])O)O1.Cn1cc(C#Cc2ccc3[n+](c2)C[n+]2ccccc2-3)c(=O)[nH]c1=O.Cn1cc(C#Cc2ccc3[n+](c2)C[n+]2ccccc2-3)c(N)nc1=O.Cn1cc(C#Cc2ccc3[n+](c2)C[n+]2ccccc2-3)c2c(N)ncnc21.Cn1cc(C#Cc2ccc3[n+](c2)C[n+]2ccccc2-3)c2c1NC(N)=NC2N. The molecule has 7 aliphatic heterocycles. The molecule has 15 aromatic heterocycles. The number of aromatic amines is 1. The van der Waals surface area contributed by atoms with Crippen molar-refractivity contribution in [2.24, 2.45) is 44.7 Å². The number of guanidine groups is 1. The predicted molar refractivity (Wildman–Crippen MR) is 492 cm³/mol. The van der Waals surface area contributed by atoms with Crippen molar-refractivity contribution in [1.29, 1.82) is 0 Å². The molecule has 0 saturated carbocycles. The van der Waals surface area contributed by atoms with Gasteiger partial charge in [0.05, 0.1) is 68.7 Å². The second kappa shape index (κ2) is 39.8. The Hall–Kier alpha value is -16.1. The van der Waals surface area contributed by atoms with Crippen molar-refractivity contribution in [1.82, 2.24) is 38.2 Å². The summed E-state index contributed by atoms with van der Waals surface area (Å²) in [6, 6.07) is 51.3. The van der Waals surface area contributed by atoms with Crippen LogP contribution in [-0.2, 0) is 93.1 Å². The van der Waals surface area contributed by atoms with E-state index in [1.807, 2.05) is 139 Å². The Bertz CT molecular complexity index is 8160. The minimum absolute atomic E-state index is 0. The molecule has 39 nitrogen and oxygen atoms in total. The van der Waals surface area contributed by atoms with Crippen LogP contribution in [0, 0.1) is 59.7 Å². The number of phosphoric acid groups is 3. The van der Waals surface area contributed by atoms with E-state index in [1.165, 1.54) is 61.5 Å². The first-order chi connectivity index (χ1) is 65.7. The Labute approximate surface area is 788 Å². The van der Waals surface area contributed by atoms with Crippen LogP contribution in [0.25, 0.3) is 68.0 Å². The highest BCUT2D eigenvalue weighted by atomic mass is 31.3. The summed E-state index contributed by atoms with van der Waals surface area (Å²) in [6.45, 7) is 4.82. The third kappa shape index (κ3) is 21.3. The number of hydrogen-bond acceptors (Lipinski definition) is 23. The van der Waals surface area contributed by atoms with Crippen LogP contribution in [0.1, 0.15) is 82.6 Å². The summed E-state index contributed by atoms with van der Waals surface area (Å²) >= 11 is 0. The van der Waals surface area contributed by atoms with Crippen LogP contribution in [0.5, 0.6) is 0 Å². The molecule has 42 heteroatoms. The molecule has 0 aromatic carbocycles. The average molecular weight is 1910 g/mol. The number of nitrogens with one attached hydrogen (secondary N) is 2. The number of H-pyrrole nitrogens is 1. The number of rotatable bonds is 7. The van der Waals surface area contributed by atoms with Crippen LogP contribution in [-0.4, -0.2) is 79.1 Å². The number of aliphatic hydroxyl groups excluding tert-OH is 1. The van der Waals surface area contributed by atoms with Gasteiger partial charge in [-0.25, -0.2) is 33.2 Å². The molecule has 1 saturated heterocycles. The summed E-state index contributed by atoms with van der Waals surface area (Å²) in [5, 5.41) is 13.3. The van der Waals surface area contributed by atoms with Gasteiger partial charge < -0.3 is 80.5 Å². The lowest BCUT2D eigenvalue weighted by molar-refractivity contribution is -0.877. The van der Waals surface area contributed by atoms with E-state index in [2.05, 4.69) is 252 Å². The number of aryl methyl sites for hydroxylation is 4. The summed E-state index contributed by atoms with van der Waals surface area (Å²) in [4.78, 5) is 93.5. The standard InChI is InChI=1S/C20H18N7.C20H15N6.C18H14N5O.C18H13N4O2.C13H10N2.C6H15O12P3.CH4/c1-25-11-14(17-18(21)23-20(22)24-19(17)25)7-5-13-6-8-16-15-4-2-3-9-26(15)12-27(16)10-13;1-24-11-15(18-19(21)22-12-23-20(18)24)7-5-14-6-8-17-16-4-2-3-9-25(16)13-26(17)10-14;1-21-11-14(17(19)20-18(21)24)7-5-13-6-8-16-15-4-2-3-9-22(15)12-23(16)10-13;1-20-11-14(17(23)19-18(20)24)7-5-13-6-8-16-15-4-2-3-9-21(15)12-22(16)10-13;1-2-11-6-7-13-12-5-3-4-8-14(12)10-15(13)9-11;1-4-2-5(7)6(16-4)3-15-20(11,12)18-21(13,14)17-19(8,9)10;/h2-4,6,8-11,18H,12,21H2,1H3,(H2,22,23);2-4,6,8-12,21H,13H2,1H3;2-4,6,8-11H,12H2,1H3,(H-,19,20,24);2-4,6,8-11H,12H2,1H3;1,3-9H,10H2;4-7H,2-3H2,1H3,(H,11,12)(H,13,14)(H2,8,9,10);1H4/q4*+1;+2;;/p+1/t;;;;;4-,5?,6+;/m.....0./s1. The Balaban J connectivity index is 0.000000120. The van der Waals surface area contributed by atoms with E-state index in [-0.39, 0.29) is 37.0 Å². The molecule has 7 atom stereocenters. The molecule has 22 heterocycles. The number of aliphatic imine (C=N–C) groups is 1. The molecule has 1 fully saturated rings.